The predicted octanol–water partition coefficient (Wildman–Crippen LogP) is 16.4. The van der Waals surface area contributed by atoms with Gasteiger partial charge in [0.05, 0.1) is 0 Å². The third-order valence-corrected chi connectivity index (χ3v) is 10.2. The number of hydrogen-bond donors (Lipinski definition) is 0. The van der Waals surface area contributed by atoms with Crippen molar-refractivity contribution in [1.82, 2.24) is 0 Å². The van der Waals surface area contributed by atoms with Gasteiger partial charge in [0.1, 0.15) is 0 Å². The molecule has 2 aromatic rings. The summed E-state index contributed by atoms with van der Waals surface area (Å²) >= 11 is 0. The Morgan fingerprint density at radius 3 is 1.27 bits per heavy atom. The van der Waals surface area contributed by atoms with Gasteiger partial charge in [0, 0.05) is 17.9 Å². The summed E-state index contributed by atoms with van der Waals surface area (Å²) in [4.78, 5) is 2.60. The van der Waals surface area contributed by atoms with E-state index in [-0.39, 0.29) is 0 Å². The van der Waals surface area contributed by atoms with Gasteiger partial charge in [-0.05, 0) is 94.4 Å². The number of unbranched alkanes of at least 4 members (excludes halogenated alkanes) is 24. The molecule has 0 aliphatic carbocycles. The zero-order chi connectivity index (χ0) is 34.7. The standard InChI is InChI=1S/C48H79N/c1-3-5-7-9-11-13-15-17-19-21-23-25-27-29-31-34-40-46-41-37-38-44-48(46)49(47-42-35-33-36-43-47)45-39-32-30-28-26-24-22-20-18-16-14-12-10-8-6-4-2/h17-20,33,35-38,41-44H,3-16,21-32,34,39-40,45H2,1-2H3. The van der Waals surface area contributed by atoms with Crippen molar-refractivity contribution in [3.05, 3.63) is 84.5 Å². The zero-order valence-electron chi connectivity index (χ0n) is 32.7. The molecule has 1 heteroatoms. The number of anilines is 2. The molecule has 276 valence electrons. The van der Waals surface area contributed by atoms with Crippen molar-refractivity contribution in [2.75, 3.05) is 11.4 Å². The molecule has 0 heterocycles. The highest BCUT2D eigenvalue weighted by atomic mass is 15.1. The first-order valence-electron chi connectivity index (χ1n) is 21.6. The first kappa shape index (κ1) is 42.9. The number of hydrogen-bond acceptors (Lipinski definition) is 1. The Bertz CT molecular complexity index is 1020. The highest BCUT2D eigenvalue weighted by Crippen LogP contribution is 2.30. The lowest BCUT2D eigenvalue weighted by Gasteiger charge is -2.27. The summed E-state index contributed by atoms with van der Waals surface area (Å²) in [6.45, 7) is 5.70. The van der Waals surface area contributed by atoms with Crippen LogP contribution in [0.1, 0.15) is 199 Å². The van der Waals surface area contributed by atoms with E-state index in [9.17, 15) is 0 Å². The van der Waals surface area contributed by atoms with Gasteiger partial charge in [-0.2, -0.15) is 0 Å². The Hall–Kier alpha value is -2.28. The Morgan fingerprint density at radius 1 is 0.388 bits per heavy atom. The van der Waals surface area contributed by atoms with Gasteiger partial charge in [0.2, 0.25) is 0 Å². The maximum absolute atomic E-state index is 2.60. The zero-order valence-corrected chi connectivity index (χ0v) is 32.7. The quantitative estimate of drug-likeness (QED) is 0.0529. The van der Waals surface area contributed by atoms with Crippen molar-refractivity contribution in [1.29, 1.82) is 0 Å². The van der Waals surface area contributed by atoms with Gasteiger partial charge in [-0.15, -0.1) is 0 Å². The maximum Gasteiger partial charge on any atom is 0.0443 e. The molecule has 0 saturated heterocycles. The largest absolute Gasteiger partial charge is 0.341 e. The van der Waals surface area contributed by atoms with Crippen LogP contribution >= 0.6 is 0 Å². The smallest absolute Gasteiger partial charge is 0.0443 e. The van der Waals surface area contributed by atoms with Crippen LogP contribution in [0.2, 0.25) is 0 Å². The summed E-state index contributed by atoms with van der Waals surface area (Å²) in [6.07, 6.45) is 49.1. The minimum absolute atomic E-state index is 1.11. The van der Waals surface area contributed by atoms with Crippen LogP contribution in [0, 0.1) is 0 Å². The lowest BCUT2D eigenvalue weighted by atomic mass is 10.0. The molecule has 49 heavy (non-hydrogen) atoms. The van der Waals surface area contributed by atoms with E-state index in [1.807, 2.05) is 0 Å². The minimum Gasteiger partial charge on any atom is -0.341 e. The molecule has 0 atom stereocenters. The number of allylic oxidation sites excluding steroid dienone is 4. The van der Waals surface area contributed by atoms with Crippen LogP contribution in [0.3, 0.4) is 0 Å². The van der Waals surface area contributed by atoms with Crippen LogP contribution in [0.25, 0.3) is 0 Å². The fourth-order valence-corrected chi connectivity index (χ4v) is 7.06. The molecule has 0 amide bonds. The van der Waals surface area contributed by atoms with Crippen molar-refractivity contribution in [3.8, 4) is 0 Å². The number of nitrogens with zero attached hydrogens (tertiary/aromatic N) is 1. The average molecular weight is 670 g/mol. The van der Waals surface area contributed by atoms with Crippen LogP contribution in [-0.2, 0) is 6.42 Å². The van der Waals surface area contributed by atoms with Gasteiger partial charge in [-0.25, -0.2) is 0 Å². The molecule has 0 aliphatic rings. The van der Waals surface area contributed by atoms with Gasteiger partial charge in [0.15, 0.2) is 0 Å². The van der Waals surface area contributed by atoms with Crippen molar-refractivity contribution < 1.29 is 0 Å². The summed E-state index contributed by atoms with van der Waals surface area (Å²) in [5.74, 6) is 0. The first-order valence-corrected chi connectivity index (χ1v) is 21.6. The predicted molar refractivity (Wildman–Crippen MR) is 222 cm³/mol. The Kier molecular flexibility index (Phi) is 28.8. The average Bonchev–Trinajstić information content (AvgIpc) is 3.13. The van der Waals surface area contributed by atoms with Gasteiger partial charge in [-0.3, -0.25) is 0 Å². The summed E-state index contributed by atoms with van der Waals surface area (Å²) in [7, 11) is 0. The van der Waals surface area contributed by atoms with Crippen LogP contribution in [0.15, 0.2) is 78.9 Å². The van der Waals surface area contributed by atoms with Crippen molar-refractivity contribution in [3.63, 3.8) is 0 Å². The summed E-state index contributed by atoms with van der Waals surface area (Å²) in [6, 6.07) is 20.3. The second kappa shape index (κ2) is 32.9. The van der Waals surface area contributed by atoms with E-state index in [0.717, 1.165) is 6.54 Å². The van der Waals surface area contributed by atoms with E-state index >= 15 is 0 Å². The Balaban J connectivity index is 1.60. The van der Waals surface area contributed by atoms with Gasteiger partial charge < -0.3 is 4.90 Å². The van der Waals surface area contributed by atoms with Crippen molar-refractivity contribution in [2.45, 2.75) is 200 Å². The SMILES string of the molecule is CCCCCCCCC=CCCCCCCCCc1ccccc1N(CCCCCCCCC=CCCCCCCCC)c1ccccc1. The Labute approximate surface area is 306 Å². The number of para-hydroxylation sites is 2. The van der Waals surface area contributed by atoms with E-state index in [1.54, 1.807) is 0 Å². The molecular weight excluding hydrogens is 591 g/mol. The monoisotopic (exact) mass is 670 g/mol. The fraction of sp³-hybridized carbons (Fsp3) is 0.667. The van der Waals surface area contributed by atoms with E-state index in [0.29, 0.717) is 0 Å². The van der Waals surface area contributed by atoms with Gasteiger partial charge in [-0.1, -0.05) is 190 Å². The molecule has 0 bridgehead atoms. The van der Waals surface area contributed by atoms with E-state index in [1.165, 1.54) is 203 Å². The molecule has 1 nitrogen and oxygen atoms in total. The third kappa shape index (κ3) is 23.7. The van der Waals surface area contributed by atoms with E-state index in [2.05, 4.69) is 97.6 Å². The fourth-order valence-electron chi connectivity index (χ4n) is 7.06. The van der Waals surface area contributed by atoms with Gasteiger partial charge >= 0.3 is 0 Å². The van der Waals surface area contributed by atoms with Crippen LogP contribution < -0.4 is 4.90 Å². The van der Waals surface area contributed by atoms with Crippen LogP contribution in [0.5, 0.6) is 0 Å². The normalized spacial score (nSPS) is 11.7. The van der Waals surface area contributed by atoms with Crippen molar-refractivity contribution in [2.24, 2.45) is 0 Å². The molecule has 2 aromatic carbocycles. The Morgan fingerprint density at radius 2 is 0.776 bits per heavy atom. The number of benzene rings is 2. The highest BCUT2D eigenvalue weighted by molar-refractivity contribution is 5.66. The summed E-state index contributed by atoms with van der Waals surface area (Å²) in [5.41, 5.74) is 4.28. The second-order valence-corrected chi connectivity index (χ2v) is 14.7. The molecule has 0 N–H and O–H groups in total. The van der Waals surface area contributed by atoms with Crippen molar-refractivity contribution >= 4 is 11.4 Å². The minimum atomic E-state index is 1.11. The molecule has 0 saturated carbocycles. The summed E-state index contributed by atoms with van der Waals surface area (Å²) < 4.78 is 0. The van der Waals surface area contributed by atoms with Crippen LogP contribution in [-0.4, -0.2) is 6.54 Å². The first-order chi connectivity index (χ1) is 24.4. The van der Waals surface area contributed by atoms with E-state index < -0.39 is 0 Å². The molecule has 0 spiro atoms. The topological polar surface area (TPSA) is 3.24 Å². The number of rotatable bonds is 34. The molecule has 2 rings (SSSR count). The third-order valence-electron chi connectivity index (χ3n) is 10.2. The van der Waals surface area contributed by atoms with Gasteiger partial charge in [0.25, 0.3) is 0 Å². The molecule has 0 aliphatic heterocycles. The molecule has 0 fully saturated rings. The molecule has 0 unspecified atom stereocenters. The summed E-state index contributed by atoms with van der Waals surface area (Å²) in [5, 5.41) is 0. The second-order valence-electron chi connectivity index (χ2n) is 14.7. The number of aryl methyl sites for hydroxylation is 1. The highest BCUT2D eigenvalue weighted by Gasteiger charge is 2.13. The molecular formula is C48H79N. The maximum atomic E-state index is 2.60. The lowest BCUT2D eigenvalue weighted by Crippen LogP contribution is -2.20. The van der Waals surface area contributed by atoms with E-state index in [4.69, 9.17) is 0 Å². The molecule has 0 radical (unpaired) electrons. The lowest BCUT2D eigenvalue weighted by molar-refractivity contribution is 0.593. The van der Waals surface area contributed by atoms with Crippen LogP contribution in [0.4, 0.5) is 11.4 Å². The molecule has 0 aromatic heterocycles.